The van der Waals surface area contributed by atoms with Crippen molar-refractivity contribution >= 4 is 17.0 Å². The molecule has 1 heterocycles. The molecule has 0 unspecified atom stereocenters. The van der Waals surface area contributed by atoms with Crippen LogP contribution in [0.5, 0.6) is 0 Å². The Kier molecular flexibility index (Phi) is 2.82. The largest absolute Gasteiger partial charge is 0.256 e. The molecule has 0 fully saturated rings. The van der Waals surface area contributed by atoms with Gasteiger partial charge in [0.15, 0.2) is 0 Å². The molecule has 0 amide bonds. The summed E-state index contributed by atoms with van der Waals surface area (Å²) in [5.74, 6) is 0. The van der Waals surface area contributed by atoms with Crippen molar-refractivity contribution in [3.05, 3.63) is 47.7 Å². The number of aryl methyl sites for hydroxylation is 1. The van der Waals surface area contributed by atoms with Gasteiger partial charge in [0.1, 0.15) is 0 Å². The summed E-state index contributed by atoms with van der Waals surface area (Å²) in [5, 5.41) is 1.24. The first-order chi connectivity index (χ1) is 7.31. The van der Waals surface area contributed by atoms with Gasteiger partial charge < -0.3 is 0 Å². The van der Waals surface area contributed by atoms with Gasteiger partial charge in [-0.1, -0.05) is 31.2 Å². The van der Waals surface area contributed by atoms with Crippen molar-refractivity contribution in [2.45, 2.75) is 20.3 Å². The fraction of sp³-hybridized carbons (Fsp3) is 0.214. The number of nitrogens with zero attached hydrogens (tertiary/aromatic N) is 1. The Bertz CT molecular complexity index is 498. The number of hydrogen-bond acceptors (Lipinski definition) is 1. The van der Waals surface area contributed by atoms with Crippen molar-refractivity contribution in [2.24, 2.45) is 0 Å². The number of fused-ring (bicyclic) bond motifs is 1. The second-order valence-electron chi connectivity index (χ2n) is 3.72. The highest BCUT2D eigenvalue weighted by atomic mass is 14.6. The van der Waals surface area contributed by atoms with E-state index in [4.69, 9.17) is 0 Å². The van der Waals surface area contributed by atoms with E-state index in [9.17, 15) is 0 Å². The first kappa shape index (κ1) is 9.91. The van der Waals surface area contributed by atoms with Gasteiger partial charge in [-0.05, 0) is 36.6 Å². The molecule has 1 nitrogen and oxygen atoms in total. The van der Waals surface area contributed by atoms with E-state index in [1.54, 1.807) is 0 Å². The highest BCUT2D eigenvalue weighted by Crippen LogP contribution is 2.18. The highest BCUT2D eigenvalue weighted by molar-refractivity contribution is 5.83. The third-order valence-corrected chi connectivity index (χ3v) is 2.53. The van der Waals surface area contributed by atoms with Gasteiger partial charge in [-0.25, -0.2) is 0 Å². The van der Waals surface area contributed by atoms with Crippen molar-refractivity contribution in [1.29, 1.82) is 0 Å². The zero-order valence-electron chi connectivity index (χ0n) is 9.20. The van der Waals surface area contributed by atoms with Crippen molar-refractivity contribution in [3.63, 3.8) is 0 Å². The second-order valence-corrected chi connectivity index (χ2v) is 3.72. The fourth-order valence-corrected chi connectivity index (χ4v) is 1.67. The number of allylic oxidation sites excluding steroid dienone is 1. The van der Waals surface area contributed by atoms with Gasteiger partial charge in [0, 0.05) is 11.6 Å². The van der Waals surface area contributed by atoms with Gasteiger partial charge in [-0.2, -0.15) is 0 Å². The zero-order valence-corrected chi connectivity index (χ0v) is 9.20. The summed E-state index contributed by atoms with van der Waals surface area (Å²) in [4.78, 5) is 4.38. The third-order valence-electron chi connectivity index (χ3n) is 2.53. The first-order valence-corrected chi connectivity index (χ1v) is 5.33. The van der Waals surface area contributed by atoms with E-state index in [2.05, 4.69) is 49.2 Å². The Labute approximate surface area is 90.5 Å². The van der Waals surface area contributed by atoms with Crippen LogP contribution >= 0.6 is 0 Å². The minimum Gasteiger partial charge on any atom is -0.256 e. The van der Waals surface area contributed by atoms with Crippen molar-refractivity contribution < 1.29 is 0 Å². The number of rotatable bonds is 2. The van der Waals surface area contributed by atoms with Gasteiger partial charge in [0.25, 0.3) is 0 Å². The minimum absolute atomic E-state index is 1.07. The number of hydrogen-bond donors (Lipinski definition) is 0. The number of pyridine rings is 1. The lowest BCUT2D eigenvalue weighted by Gasteiger charge is -2.01. The molecule has 0 aliphatic rings. The van der Waals surface area contributed by atoms with E-state index in [0.717, 1.165) is 11.9 Å². The molecule has 0 saturated heterocycles. The van der Waals surface area contributed by atoms with Crippen molar-refractivity contribution in [1.82, 2.24) is 4.98 Å². The maximum atomic E-state index is 4.38. The molecule has 0 saturated carbocycles. The third kappa shape index (κ3) is 2.07. The average molecular weight is 197 g/mol. The van der Waals surface area contributed by atoms with E-state index >= 15 is 0 Å². The van der Waals surface area contributed by atoms with E-state index in [-0.39, 0.29) is 0 Å². The maximum absolute atomic E-state index is 4.38. The molecule has 1 heteroatoms. The topological polar surface area (TPSA) is 12.9 Å². The fourth-order valence-electron chi connectivity index (χ4n) is 1.67. The minimum atomic E-state index is 1.07. The Balaban J connectivity index is 2.52. The van der Waals surface area contributed by atoms with Crippen LogP contribution < -0.4 is 0 Å². The quantitative estimate of drug-likeness (QED) is 0.710. The van der Waals surface area contributed by atoms with Crippen molar-refractivity contribution in [2.75, 3.05) is 0 Å². The first-order valence-electron chi connectivity index (χ1n) is 5.33. The van der Waals surface area contributed by atoms with Gasteiger partial charge in [0.05, 0.1) is 5.52 Å². The Morgan fingerprint density at radius 1 is 1.27 bits per heavy atom. The summed E-state index contributed by atoms with van der Waals surface area (Å²) in [6.45, 7) is 4.26. The standard InChI is InChI=1S/C14H15N/c1-3-4-5-12-6-7-13-11(2)8-9-15-14(13)10-12/h4-10H,3H2,1-2H3/b5-4+. The number of benzene rings is 1. The highest BCUT2D eigenvalue weighted by Gasteiger charge is 1.97. The van der Waals surface area contributed by atoms with Crippen molar-refractivity contribution in [3.8, 4) is 0 Å². The predicted molar refractivity (Wildman–Crippen MR) is 65.8 cm³/mol. The summed E-state index contributed by atoms with van der Waals surface area (Å²) in [6.07, 6.45) is 7.24. The van der Waals surface area contributed by atoms with Gasteiger partial charge in [-0.3, -0.25) is 4.98 Å². The normalized spacial score (nSPS) is 11.3. The van der Waals surface area contributed by atoms with Crippen LogP contribution in [-0.4, -0.2) is 4.98 Å². The lowest BCUT2D eigenvalue weighted by molar-refractivity contribution is 1.23. The van der Waals surface area contributed by atoms with Crippen LogP contribution in [0.2, 0.25) is 0 Å². The van der Waals surface area contributed by atoms with E-state index in [0.29, 0.717) is 0 Å². The molecule has 0 radical (unpaired) electrons. The predicted octanol–water partition coefficient (Wildman–Crippen LogP) is 3.97. The monoisotopic (exact) mass is 197 g/mol. The Morgan fingerprint density at radius 3 is 2.93 bits per heavy atom. The summed E-state index contributed by atoms with van der Waals surface area (Å²) >= 11 is 0. The lowest BCUT2D eigenvalue weighted by Crippen LogP contribution is -1.83. The molecule has 0 aliphatic heterocycles. The van der Waals surface area contributed by atoms with E-state index < -0.39 is 0 Å². The smallest absolute Gasteiger partial charge is 0.0710 e. The maximum Gasteiger partial charge on any atom is 0.0710 e. The molecule has 0 aliphatic carbocycles. The van der Waals surface area contributed by atoms with Crippen LogP contribution in [0.25, 0.3) is 17.0 Å². The van der Waals surface area contributed by atoms with Gasteiger partial charge >= 0.3 is 0 Å². The van der Waals surface area contributed by atoms with Crippen LogP contribution in [0.1, 0.15) is 24.5 Å². The van der Waals surface area contributed by atoms with Crippen LogP contribution in [0, 0.1) is 6.92 Å². The molecule has 2 rings (SSSR count). The summed E-state index contributed by atoms with van der Waals surface area (Å²) < 4.78 is 0. The van der Waals surface area contributed by atoms with E-state index in [1.807, 2.05) is 12.3 Å². The molecule has 0 bridgehead atoms. The summed E-state index contributed by atoms with van der Waals surface area (Å²) in [6, 6.07) is 8.47. The molecule has 2 aromatic rings. The zero-order chi connectivity index (χ0) is 10.7. The van der Waals surface area contributed by atoms with E-state index in [1.165, 1.54) is 16.5 Å². The molecule has 0 N–H and O–H groups in total. The van der Waals surface area contributed by atoms with Crippen LogP contribution in [0.4, 0.5) is 0 Å². The van der Waals surface area contributed by atoms with Crippen LogP contribution in [0.3, 0.4) is 0 Å². The average Bonchev–Trinajstić information content (AvgIpc) is 2.26. The molecule has 76 valence electrons. The molecule has 0 atom stereocenters. The summed E-state index contributed by atoms with van der Waals surface area (Å²) in [5.41, 5.74) is 3.58. The molecule has 1 aromatic carbocycles. The molecular formula is C14H15N. The van der Waals surface area contributed by atoms with Crippen LogP contribution in [0.15, 0.2) is 36.5 Å². The Hall–Kier alpha value is -1.63. The molecular weight excluding hydrogens is 182 g/mol. The Morgan fingerprint density at radius 2 is 2.13 bits per heavy atom. The molecule has 1 aromatic heterocycles. The molecule has 15 heavy (non-hydrogen) atoms. The second kappa shape index (κ2) is 4.26. The lowest BCUT2D eigenvalue weighted by atomic mass is 10.1. The number of aromatic nitrogens is 1. The summed E-state index contributed by atoms with van der Waals surface area (Å²) in [7, 11) is 0. The SMILES string of the molecule is CC/C=C/c1ccc2c(C)ccnc2c1. The van der Waals surface area contributed by atoms with Crippen LogP contribution in [-0.2, 0) is 0 Å². The van der Waals surface area contributed by atoms with Gasteiger partial charge in [0.2, 0.25) is 0 Å². The molecule has 0 spiro atoms. The van der Waals surface area contributed by atoms with Gasteiger partial charge in [-0.15, -0.1) is 0 Å².